The number of aromatic nitrogens is 2. The van der Waals surface area contributed by atoms with Crippen LogP contribution in [0.5, 0.6) is 0 Å². The van der Waals surface area contributed by atoms with Crippen LogP contribution in [0.4, 0.5) is 14.5 Å². The second kappa shape index (κ2) is 9.23. The van der Waals surface area contributed by atoms with E-state index in [0.29, 0.717) is 10.7 Å². The van der Waals surface area contributed by atoms with Crippen LogP contribution < -0.4 is 5.32 Å². The first-order chi connectivity index (χ1) is 14.3. The molecule has 1 heterocycles. The van der Waals surface area contributed by atoms with E-state index in [1.807, 2.05) is 6.07 Å². The molecule has 156 valence electrons. The van der Waals surface area contributed by atoms with Crippen LogP contribution in [0.3, 0.4) is 0 Å². The maximum absolute atomic E-state index is 13.2. The fourth-order valence-corrected chi connectivity index (χ4v) is 3.16. The first kappa shape index (κ1) is 21.7. The van der Waals surface area contributed by atoms with Crippen LogP contribution >= 0.6 is 23.2 Å². The summed E-state index contributed by atoms with van der Waals surface area (Å²) in [7, 11) is 0. The number of nitrogens with one attached hydrogen (secondary N) is 1. The number of carbonyl (C=O) groups excluding carboxylic acids is 2. The number of hydrogen-bond donors (Lipinski definition) is 1. The van der Waals surface area contributed by atoms with Crippen LogP contribution in [-0.2, 0) is 16.1 Å². The average molecular weight is 454 g/mol. The van der Waals surface area contributed by atoms with Crippen molar-refractivity contribution in [2.24, 2.45) is 0 Å². The maximum Gasteiger partial charge on any atom is 0.343 e. The molecule has 0 unspecified atom stereocenters. The second-order valence-electron chi connectivity index (χ2n) is 6.25. The number of anilines is 1. The number of carbonyl (C=O) groups is 2. The highest BCUT2D eigenvalue weighted by molar-refractivity contribution is 6.33. The van der Waals surface area contributed by atoms with Crippen molar-refractivity contribution >= 4 is 40.8 Å². The molecule has 0 aliphatic heterocycles. The average Bonchev–Trinajstić information content (AvgIpc) is 2.98. The number of hydrogen-bond acceptors (Lipinski definition) is 4. The van der Waals surface area contributed by atoms with Crippen LogP contribution in [0.2, 0.25) is 10.2 Å². The Balaban J connectivity index is 1.65. The Kier molecular flexibility index (Phi) is 6.69. The summed E-state index contributed by atoms with van der Waals surface area (Å²) in [5, 5.41) is 7.09. The normalized spacial score (nSPS) is 10.7. The fourth-order valence-electron chi connectivity index (χ4n) is 2.65. The van der Waals surface area contributed by atoms with Gasteiger partial charge in [-0.3, -0.25) is 4.79 Å². The highest BCUT2D eigenvalue weighted by Crippen LogP contribution is 2.24. The summed E-state index contributed by atoms with van der Waals surface area (Å²) in [6, 6.07) is 9.99. The molecule has 1 N–H and O–H groups in total. The lowest BCUT2D eigenvalue weighted by molar-refractivity contribution is -0.119. The molecule has 1 aromatic heterocycles. The molecule has 0 atom stereocenters. The van der Waals surface area contributed by atoms with Gasteiger partial charge in [0.1, 0.15) is 10.7 Å². The first-order valence-corrected chi connectivity index (χ1v) is 9.40. The third-order valence-electron chi connectivity index (χ3n) is 4.09. The van der Waals surface area contributed by atoms with Crippen molar-refractivity contribution < 1.29 is 23.1 Å². The van der Waals surface area contributed by atoms with Crippen LogP contribution in [-0.4, -0.2) is 28.3 Å². The number of nitrogens with zero attached hydrogens (tertiary/aromatic N) is 2. The third-order valence-corrected chi connectivity index (χ3v) is 4.84. The van der Waals surface area contributed by atoms with Gasteiger partial charge in [-0.2, -0.15) is 5.10 Å². The molecule has 6 nitrogen and oxygen atoms in total. The predicted octanol–water partition coefficient (Wildman–Crippen LogP) is 4.62. The summed E-state index contributed by atoms with van der Waals surface area (Å²) < 4.78 is 32.5. The Bertz CT molecular complexity index is 1120. The molecule has 0 radical (unpaired) electrons. The van der Waals surface area contributed by atoms with E-state index in [-0.39, 0.29) is 22.9 Å². The van der Waals surface area contributed by atoms with E-state index in [9.17, 15) is 18.4 Å². The number of benzene rings is 2. The van der Waals surface area contributed by atoms with Crippen LogP contribution in [0, 0.1) is 18.6 Å². The lowest BCUT2D eigenvalue weighted by atomic mass is 10.2. The zero-order valence-corrected chi connectivity index (χ0v) is 17.1. The van der Waals surface area contributed by atoms with Crippen molar-refractivity contribution in [3.63, 3.8) is 0 Å². The van der Waals surface area contributed by atoms with Gasteiger partial charge < -0.3 is 10.1 Å². The van der Waals surface area contributed by atoms with Crippen molar-refractivity contribution in [3.8, 4) is 0 Å². The lowest BCUT2D eigenvalue weighted by Gasteiger charge is -2.07. The molecule has 0 aliphatic carbocycles. The topological polar surface area (TPSA) is 73.2 Å². The number of amides is 1. The summed E-state index contributed by atoms with van der Waals surface area (Å²) in [5.74, 6) is -3.73. The Morgan fingerprint density at radius 2 is 1.87 bits per heavy atom. The molecular formula is C20H15Cl2F2N3O3. The maximum atomic E-state index is 13.2. The highest BCUT2D eigenvalue weighted by Gasteiger charge is 2.23. The minimum absolute atomic E-state index is 0.0179. The molecule has 0 saturated heterocycles. The number of aryl methyl sites for hydroxylation is 1. The van der Waals surface area contributed by atoms with Gasteiger partial charge in [0.15, 0.2) is 18.2 Å². The zero-order valence-electron chi connectivity index (χ0n) is 15.6. The summed E-state index contributed by atoms with van der Waals surface area (Å²) in [4.78, 5) is 24.3. The number of ether oxygens (including phenoxy) is 1. The standard InChI is InChI=1S/C20H15Cl2F2N3O3/c1-11-18(19(22)27(26-11)9-12-4-2-3-5-14(12)21)20(29)30-10-17(28)25-13-6-7-15(23)16(24)8-13/h2-8H,9-10H2,1H3,(H,25,28). The van der Waals surface area contributed by atoms with E-state index in [2.05, 4.69) is 10.4 Å². The smallest absolute Gasteiger partial charge is 0.343 e. The van der Waals surface area contributed by atoms with Crippen molar-refractivity contribution in [1.29, 1.82) is 0 Å². The van der Waals surface area contributed by atoms with Gasteiger partial charge in [0, 0.05) is 16.8 Å². The molecule has 0 saturated carbocycles. The minimum atomic E-state index is -1.11. The Morgan fingerprint density at radius 3 is 2.57 bits per heavy atom. The molecule has 0 aliphatic rings. The molecule has 30 heavy (non-hydrogen) atoms. The summed E-state index contributed by atoms with van der Waals surface area (Å²) in [5.41, 5.74) is 1.12. The first-order valence-electron chi connectivity index (χ1n) is 8.64. The fraction of sp³-hybridized carbons (Fsp3) is 0.150. The van der Waals surface area contributed by atoms with E-state index in [4.69, 9.17) is 27.9 Å². The highest BCUT2D eigenvalue weighted by atomic mass is 35.5. The molecule has 10 heteroatoms. The van der Waals surface area contributed by atoms with Crippen molar-refractivity contribution in [1.82, 2.24) is 9.78 Å². The molecule has 0 fully saturated rings. The lowest BCUT2D eigenvalue weighted by Crippen LogP contribution is -2.21. The Labute approximate surface area is 180 Å². The quantitative estimate of drug-likeness (QED) is 0.552. The van der Waals surface area contributed by atoms with Gasteiger partial charge in [-0.05, 0) is 30.7 Å². The van der Waals surface area contributed by atoms with Gasteiger partial charge >= 0.3 is 5.97 Å². The molecule has 3 aromatic rings. The molecular weight excluding hydrogens is 439 g/mol. The largest absolute Gasteiger partial charge is 0.452 e. The summed E-state index contributed by atoms with van der Waals surface area (Å²) in [6.45, 7) is 1.17. The third kappa shape index (κ3) is 4.95. The van der Waals surface area contributed by atoms with E-state index >= 15 is 0 Å². The molecule has 3 rings (SSSR count). The Hall–Kier alpha value is -2.97. The van der Waals surface area contributed by atoms with E-state index in [0.717, 1.165) is 17.7 Å². The SMILES string of the molecule is Cc1nn(Cc2ccccc2Cl)c(Cl)c1C(=O)OCC(=O)Nc1ccc(F)c(F)c1. The number of halogens is 4. The van der Waals surface area contributed by atoms with Gasteiger partial charge in [-0.25, -0.2) is 18.3 Å². The van der Waals surface area contributed by atoms with Crippen molar-refractivity contribution in [2.75, 3.05) is 11.9 Å². The van der Waals surface area contributed by atoms with Crippen molar-refractivity contribution in [3.05, 3.63) is 81.1 Å². The van der Waals surface area contributed by atoms with Gasteiger partial charge in [0.25, 0.3) is 5.91 Å². The minimum Gasteiger partial charge on any atom is -0.452 e. The summed E-state index contributed by atoms with van der Waals surface area (Å²) in [6.07, 6.45) is 0. The van der Waals surface area contributed by atoms with Gasteiger partial charge in [0.2, 0.25) is 0 Å². The van der Waals surface area contributed by atoms with Crippen LogP contribution in [0.25, 0.3) is 0 Å². The van der Waals surface area contributed by atoms with Crippen LogP contribution in [0.15, 0.2) is 42.5 Å². The molecule has 0 spiro atoms. The molecule has 0 bridgehead atoms. The van der Waals surface area contributed by atoms with Crippen LogP contribution in [0.1, 0.15) is 21.6 Å². The van der Waals surface area contributed by atoms with E-state index < -0.39 is 30.1 Å². The zero-order chi connectivity index (χ0) is 21.8. The van der Waals surface area contributed by atoms with E-state index in [1.165, 1.54) is 10.7 Å². The van der Waals surface area contributed by atoms with E-state index in [1.54, 1.807) is 25.1 Å². The van der Waals surface area contributed by atoms with Gasteiger partial charge in [0.05, 0.1) is 12.2 Å². The van der Waals surface area contributed by atoms with Gasteiger partial charge in [-0.15, -0.1) is 0 Å². The molecule has 1 amide bonds. The molecule has 2 aromatic carbocycles. The number of esters is 1. The van der Waals surface area contributed by atoms with Gasteiger partial charge in [-0.1, -0.05) is 41.4 Å². The second-order valence-corrected chi connectivity index (χ2v) is 7.02. The monoisotopic (exact) mass is 453 g/mol. The van der Waals surface area contributed by atoms with Crippen molar-refractivity contribution in [2.45, 2.75) is 13.5 Å². The summed E-state index contributed by atoms with van der Waals surface area (Å²) >= 11 is 12.4. The predicted molar refractivity (Wildman–Crippen MR) is 108 cm³/mol. The Morgan fingerprint density at radius 1 is 1.13 bits per heavy atom. The number of rotatable bonds is 6.